The second kappa shape index (κ2) is 6.44. The van der Waals surface area contributed by atoms with Crippen LogP contribution in [0.4, 0.5) is 0 Å². The molecule has 26 heavy (non-hydrogen) atoms. The highest BCUT2D eigenvalue weighted by atomic mass is 16.2. The average Bonchev–Trinajstić information content (AvgIpc) is 3.34. The van der Waals surface area contributed by atoms with Gasteiger partial charge in [-0.25, -0.2) is 9.67 Å². The Morgan fingerprint density at radius 3 is 2.73 bits per heavy atom. The largest absolute Gasteiger partial charge is 0.338 e. The molecule has 1 fully saturated rings. The van der Waals surface area contributed by atoms with Gasteiger partial charge in [0.05, 0.1) is 11.7 Å². The van der Waals surface area contributed by atoms with Gasteiger partial charge >= 0.3 is 0 Å². The normalized spacial score (nSPS) is 17.5. The van der Waals surface area contributed by atoms with Crippen molar-refractivity contribution in [3.05, 3.63) is 54.6 Å². The van der Waals surface area contributed by atoms with E-state index in [0.717, 1.165) is 29.2 Å². The maximum absolute atomic E-state index is 12.4. The van der Waals surface area contributed by atoms with Gasteiger partial charge in [-0.3, -0.25) is 4.79 Å². The van der Waals surface area contributed by atoms with E-state index < -0.39 is 0 Å². The molecule has 0 radical (unpaired) electrons. The summed E-state index contributed by atoms with van der Waals surface area (Å²) in [4.78, 5) is 18.9. The number of imidazole rings is 1. The van der Waals surface area contributed by atoms with Crippen LogP contribution < -0.4 is 0 Å². The Balaban J connectivity index is 1.77. The van der Waals surface area contributed by atoms with E-state index in [0.29, 0.717) is 6.42 Å². The van der Waals surface area contributed by atoms with Crippen LogP contribution in [0.2, 0.25) is 0 Å². The molecule has 134 valence electrons. The topological polar surface area (TPSA) is 56.0 Å². The summed E-state index contributed by atoms with van der Waals surface area (Å²) in [5.41, 5.74) is 3.17. The van der Waals surface area contributed by atoms with Crippen molar-refractivity contribution < 1.29 is 4.79 Å². The predicted molar refractivity (Wildman–Crippen MR) is 100 cm³/mol. The maximum Gasteiger partial charge on any atom is 0.225 e. The SMILES string of the molecule is Cc1ccc(-n2cccn2)c(-c2nccn2C2CC(=O)N(C(C)C)C2)c1. The minimum atomic E-state index is 0.105. The third-order valence-corrected chi connectivity index (χ3v) is 4.97. The van der Waals surface area contributed by atoms with Gasteiger partial charge in [-0.05, 0) is 39.0 Å². The van der Waals surface area contributed by atoms with Crippen LogP contribution in [0.5, 0.6) is 0 Å². The lowest BCUT2D eigenvalue weighted by molar-refractivity contribution is -0.129. The highest BCUT2D eigenvalue weighted by Crippen LogP contribution is 2.32. The number of aromatic nitrogens is 4. The van der Waals surface area contributed by atoms with Gasteiger partial charge in [-0.15, -0.1) is 0 Å². The van der Waals surface area contributed by atoms with Crippen LogP contribution in [-0.4, -0.2) is 42.7 Å². The molecule has 2 aromatic heterocycles. The standard InChI is InChI=1S/C20H23N5O/c1-14(2)24-13-16(12-19(24)26)23-10-8-21-20(23)17-11-15(3)5-6-18(17)25-9-4-7-22-25/h4-11,14,16H,12-13H2,1-3H3. The third-order valence-electron chi connectivity index (χ3n) is 4.97. The molecule has 1 aliphatic heterocycles. The summed E-state index contributed by atoms with van der Waals surface area (Å²) in [6.07, 6.45) is 8.01. The van der Waals surface area contributed by atoms with Crippen molar-refractivity contribution >= 4 is 5.91 Å². The zero-order chi connectivity index (χ0) is 18.3. The van der Waals surface area contributed by atoms with Crippen molar-refractivity contribution in [2.24, 2.45) is 0 Å². The second-order valence-corrected chi connectivity index (χ2v) is 7.13. The molecule has 0 aliphatic carbocycles. The second-order valence-electron chi connectivity index (χ2n) is 7.13. The zero-order valence-corrected chi connectivity index (χ0v) is 15.3. The molecule has 6 nitrogen and oxygen atoms in total. The van der Waals surface area contributed by atoms with Crippen LogP contribution in [0.15, 0.2) is 49.1 Å². The van der Waals surface area contributed by atoms with E-state index in [2.05, 4.69) is 53.6 Å². The molecular weight excluding hydrogens is 326 g/mol. The van der Waals surface area contributed by atoms with E-state index in [1.807, 2.05) is 34.2 Å². The van der Waals surface area contributed by atoms with E-state index in [1.165, 1.54) is 0 Å². The molecule has 3 aromatic rings. The molecule has 0 bridgehead atoms. The van der Waals surface area contributed by atoms with Gasteiger partial charge in [0.15, 0.2) is 0 Å². The minimum Gasteiger partial charge on any atom is -0.338 e. The summed E-state index contributed by atoms with van der Waals surface area (Å²) in [6, 6.07) is 8.51. The molecule has 1 unspecified atom stereocenters. The summed E-state index contributed by atoms with van der Waals surface area (Å²) in [7, 11) is 0. The summed E-state index contributed by atoms with van der Waals surface area (Å²) in [5.74, 6) is 1.09. The van der Waals surface area contributed by atoms with Gasteiger partial charge in [0.2, 0.25) is 5.91 Å². The maximum atomic E-state index is 12.4. The number of nitrogens with zero attached hydrogens (tertiary/aromatic N) is 5. The Kier molecular flexibility index (Phi) is 4.11. The fourth-order valence-electron chi connectivity index (χ4n) is 3.65. The molecule has 1 amide bonds. The number of amides is 1. The van der Waals surface area contributed by atoms with E-state index in [1.54, 1.807) is 6.20 Å². The first-order valence-electron chi connectivity index (χ1n) is 8.98. The first-order chi connectivity index (χ1) is 12.5. The summed E-state index contributed by atoms with van der Waals surface area (Å²) >= 11 is 0. The Hall–Kier alpha value is -2.89. The smallest absolute Gasteiger partial charge is 0.225 e. The fraction of sp³-hybridized carbons (Fsp3) is 0.350. The van der Waals surface area contributed by atoms with Gasteiger partial charge in [-0.2, -0.15) is 5.10 Å². The zero-order valence-electron chi connectivity index (χ0n) is 15.3. The lowest BCUT2D eigenvalue weighted by atomic mass is 10.1. The Labute approximate surface area is 153 Å². The lowest BCUT2D eigenvalue weighted by Gasteiger charge is -2.22. The van der Waals surface area contributed by atoms with Crippen LogP contribution in [0, 0.1) is 6.92 Å². The number of carbonyl (C=O) groups is 1. The molecule has 3 heterocycles. The first kappa shape index (κ1) is 16.6. The van der Waals surface area contributed by atoms with Crippen molar-refractivity contribution in [1.82, 2.24) is 24.2 Å². The average molecular weight is 349 g/mol. The van der Waals surface area contributed by atoms with Crippen LogP contribution in [-0.2, 0) is 4.79 Å². The molecule has 4 rings (SSSR count). The van der Waals surface area contributed by atoms with E-state index in [-0.39, 0.29) is 18.0 Å². The highest BCUT2D eigenvalue weighted by molar-refractivity contribution is 5.79. The monoisotopic (exact) mass is 349 g/mol. The van der Waals surface area contributed by atoms with Gasteiger partial charge in [-0.1, -0.05) is 11.6 Å². The van der Waals surface area contributed by atoms with Crippen molar-refractivity contribution in [3.8, 4) is 17.1 Å². The quantitative estimate of drug-likeness (QED) is 0.727. The van der Waals surface area contributed by atoms with E-state index in [9.17, 15) is 4.79 Å². The van der Waals surface area contributed by atoms with Crippen LogP contribution >= 0.6 is 0 Å². The van der Waals surface area contributed by atoms with Crippen LogP contribution in [0.1, 0.15) is 31.9 Å². The minimum absolute atomic E-state index is 0.105. The molecule has 1 saturated heterocycles. The number of likely N-dealkylation sites (tertiary alicyclic amines) is 1. The third kappa shape index (κ3) is 2.81. The molecule has 0 saturated carbocycles. The van der Waals surface area contributed by atoms with Crippen molar-refractivity contribution in [2.75, 3.05) is 6.54 Å². The van der Waals surface area contributed by atoms with Gasteiger partial charge in [0.25, 0.3) is 0 Å². The lowest BCUT2D eigenvalue weighted by Crippen LogP contribution is -2.32. The molecular formula is C20H23N5O. The molecule has 1 aliphatic rings. The Bertz CT molecular complexity index is 926. The number of benzene rings is 1. The summed E-state index contributed by atoms with van der Waals surface area (Å²) in [6.45, 7) is 6.92. The number of aryl methyl sites for hydroxylation is 1. The van der Waals surface area contributed by atoms with Crippen LogP contribution in [0.25, 0.3) is 17.1 Å². The van der Waals surface area contributed by atoms with E-state index in [4.69, 9.17) is 0 Å². The number of hydrogen-bond donors (Lipinski definition) is 0. The fourth-order valence-corrected chi connectivity index (χ4v) is 3.65. The van der Waals surface area contributed by atoms with E-state index >= 15 is 0 Å². The first-order valence-corrected chi connectivity index (χ1v) is 8.98. The number of rotatable bonds is 4. The van der Waals surface area contributed by atoms with Crippen molar-refractivity contribution in [1.29, 1.82) is 0 Å². The Morgan fingerprint density at radius 2 is 2.04 bits per heavy atom. The summed E-state index contributed by atoms with van der Waals surface area (Å²) in [5, 5.41) is 4.38. The van der Waals surface area contributed by atoms with Gasteiger partial charge in [0.1, 0.15) is 5.82 Å². The molecule has 0 N–H and O–H groups in total. The van der Waals surface area contributed by atoms with Crippen molar-refractivity contribution in [3.63, 3.8) is 0 Å². The molecule has 0 spiro atoms. The highest BCUT2D eigenvalue weighted by Gasteiger charge is 2.33. The van der Waals surface area contributed by atoms with Crippen LogP contribution in [0.3, 0.4) is 0 Å². The van der Waals surface area contributed by atoms with Crippen molar-refractivity contribution in [2.45, 2.75) is 39.3 Å². The number of hydrogen-bond acceptors (Lipinski definition) is 3. The van der Waals surface area contributed by atoms with Gasteiger partial charge < -0.3 is 9.47 Å². The summed E-state index contributed by atoms with van der Waals surface area (Å²) < 4.78 is 4.00. The van der Waals surface area contributed by atoms with Gasteiger partial charge in [0, 0.05) is 49.4 Å². The molecule has 1 aromatic carbocycles. The number of carbonyl (C=O) groups excluding carboxylic acids is 1. The Morgan fingerprint density at radius 1 is 1.19 bits per heavy atom. The molecule has 6 heteroatoms. The molecule has 1 atom stereocenters. The predicted octanol–water partition coefficient (Wildman–Crippen LogP) is 3.23.